The van der Waals surface area contributed by atoms with Gasteiger partial charge in [0.2, 0.25) is 0 Å². The van der Waals surface area contributed by atoms with Crippen molar-refractivity contribution >= 4 is 0 Å². The van der Waals surface area contributed by atoms with Crippen molar-refractivity contribution in [2.45, 2.75) is 239 Å². The molecule has 7 heteroatoms. The second kappa shape index (κ2) is 39.9. The third-order valence-corrected chi connectivity index (χ3v) is 11.1. The lowest BCUT2D eigenvalue weighted by Gasteiger charge is -2.32. The van der Waals surface area contributed by atoms with E-state index in [1.165, 1.54) is 135 Å². The number of aliphatic hydroxyl groups excluding tert-OH is 4. The molecular weight excluding hydrogens is 659 g/mol. The largest absolute Gasteiger partial charge is 0.392 e. The molecule has 7 nitrogen and oxygen atoms in total. The van der Waals surface area contributed by atoms with E-state index in [2.05, 4.69) is 42.4 Å². The first-order chi connectivity index (χ1) is 25.7. The highest BCUT2D eigenvalue weighted by Gasteiger charge is 2.19. The normalized spacial score (nSPS) is 14.5. The molecule has 0 amide bonds. The van der Waals surface area contributed by atoms with Crippen molar-refractivity contribution < 1.29 is 20.4 Å². The van der Waals surface area contributed by atoms with Gasteiger partial charge in [-0.1, -0.05) is 182 Å². The minimum atomic E-state index is -0.425. The van der Waals surface area contributed by atoms with Crippen molar-refractivity contribution in [2.24, 2.45) is 0 Å². The molecular formula is C46H97N3O4. The molecule has 0 radical (unpaired) electrons. The Labute approximate surface area is 332 Å². The zero-order valence-electron chi connectivity index (χ0n) is 36.6. The monoisotopic (exact) mass is 756 g/mol. The molecule has 0 aliphatic rings. The number of hydrogen-bond acceptors (Lipinski definition) is 7. The van der Waals surface area contributed by atoms with Crippen LogP contribution in [0.1, 0.15) is 214 Å². The van der Waals surface area contributed by atoms with Crippen molar-refractivity contribution in [2.75, 3.05) is 58.9 Å². The maximum atomic E-state index is 11.1. The molecule has 0 aromatic heterocycles. The van der Waals surface area contributed by atoms with Crippen molar-refractivity contribution in [3.05, 3.63) is 0 Å². The summed E-state index contributed by atoms with van der Waals surface area (Å²) in [6.45, 7) is 17.8. The highest BCUT2D eigenvalue weighted by atomic mass is 16.3. The third kappa shape index (κ3) is 37.1. The fraction of sp³-hybridized carbons (Fsp3) is 1.00. The maximum absolute atomic E-state index is 11.1. The Hall–Kier alpha value is -0.280. The van der Waals surface area contributed by atoms with Gasteiger partial charge < -0.3 is 25.3 Å². The van der Waals surface area contributed by atoms with Gasteiger partial charge in [0.05, 0.1) is 24.4 Å². The predicted octanol–water partition coefficient (Wildman–Crippen LogP) is 10.4. The van der Waals surface area contributed by atoms with Gasteiger partial charge in [-0.2, -0.15) is 0 Å². The van der Waals surface area contributed by atoms with Crippen LogP contribution in [0.2, 0.25) is 0 Å². The first kappa shape index (κ1) is 52.7. The number of hydrogen-bond donors (Lipinski definition) is 4. The van der Waals surface area contributed by atoms with Gasteiger partial charge in [-0.05, 0) is 39.2 Å². The van der Waals surface area contributed by atoms with Gasteiger partial charge in [0.15, 0.2) is 0 Å². The molecule has 4 atom stereocenters. The van der Waals surface area contributed by atoms with Crippen molar-refractivity contribution in [3.8, 4) is 0 Å². The summed E-state index contributed by atoms with van der Waals surface area (Å²) in [6.07, 6.45) is 32.6. The lowest BCUT2D eigenvalue weighted by atomic mass is 10.0. The Bertz CT molecular complexity index is 686. The summed E-state index contributed by atoms with van der Waals surface area (Å²) in [5.41, 5.74) is 0. The summed E-state index contributed by atoms with van der Waals surface area (Å²) in [4.78, 5) is 7.08. The number of unbranched alkanes of at least 4 members (excludes halogenated alkanes) is 21. The van der Waals surface area contributed by atoms with Crippen LogP contribution in [0.15, 0.2) is 0 Å². The number of nitrogens with zero attached hydrogens (tertiary/aromatic N) is 3. The predicted molar refractivity (Wildman–Crippen MR) is 231 cm³/mol. The summed E-state index contributed by atoms with van der Waals surface area (Å²) < 4.78 is 0. The zero-order chi connectivity index (χ0) is 39.2. The van der Waals surface area contributed by atoms with Crippen LogP contribution in [0.5, 0.6) is 0 Å². The van der Waals surface area contributed by atoms with Crippen LogP contribution in [0.25, 0.3) is 0 Å². The SMILES string of the molecule is CCCCCCCCCCC(O)CN(CCN(CCC)CCN(CC(O)CCCCCCCCCC)CC(O)CCCCCCCCCC)CC(C)O. The van der Waals surface area contributed by atoms with E-state index in [0.717, 1.165) is 77.7 Å². The van der Waals surface area contributed by atoms with Gasteiger partial charge in [0.25, 0.3) is 0 Å². The molecule has 0 saturated carbocycles. The second-order valence-electron chi connectivity index (χ2n) is 17.0. The quantitative estimate of drug-likeness (QED) is 0.0461. The summed E-state index contributed by atoms with van der Waals surface area (Å²) >= 11 is 0. The molecule has 53 heavy (non-hydrogen) atoms. The molecule has 0 aliphatic heterocycles. The third-order valence-electron chi connectivity index (χ3n) is 11.1. The molecule has 0 rings (SSSR count). The molecule has 0 aliphatic carbocycles. The number of rotatable bonds is 43. The molecule has 0 fully saturated rings. The molecule has 320 valence electrons. The van der Waals surface area contributed by atoms with Crippen LogP contribution in [0.3, 0.4) is 0 Å². The van der Waals surface area contributed by atoms with Crippen molar-refractivity contribution in [3.63, 3.8) is 0 Å². The first-order valence-corrected chi connectivity index (χ1v) is 23.6. The van der Waals surface area contributed by atoms with E-state index < -0.39 is 6.10 Å². The summed E-state index contributed by atoms with van der Waals surface area (Å²) in [7, 11) is 0. The van der Waals surface area contributed by atoms with Crippen LogP contribution >= 0.6 is 0 Å². The van der Waals surface area contributed by atoms with Gasteiger partial charge >= 0.3 is 0 Å². The Morgan fingerprint density at radius 2 is 0.566 bits per heavy atom. The average Bonchev–Trinajstić information content (AvgIpc) is 3.12. The molecule has 4 N–H and O–H groups in total. The smallest absolute Gasteiger partial charge is 0.0667 e. The highest BCUT2D eigenvalue weighted by molar-refractivity contribution is 4.74. The molecule has 0 aromatic carbocycles. The van der Waals surface area contributed by atoms with Gasteiger partial charge in [0.1, 0.15) is 0 Å². The van der Waals surface area contributed by atoms with Gasteiger partial charge in [-0.25, -0.2) is 0 Å². The molecule has 0 bridgehead atoms. The molecule has 4 unspecified atom stereocenters. The topological polar surface area (TPSA) is 90.6 Å². The van der Waals surface area contributed by atoms with E-state index in [1.54, 1.807) is 0 Å². The maximum Gasteiger partial charge on any atom is 0.0667 e. The van der Waals surface area contributed by atoms with E-state index in [9.17, 15) is 20.4 Å². The van der Waals surface area contributed by atoms with Gasteiger partial charge in [-0.3, -0.25) is 9.80 Å². The molecule has 0 heterocycles. The van der Waals surface area contributed by atoms with Crippen LogP contribution in [-0.4, -0.2) is 118 Å². The molecule has 0 spiro atoms. The van der Waals surface area contributed by atoms with E-state index in [4.69, 9.17) is 0 Å². The fourth-order valence-corrected chi connectivity index (χ4v) is 7.81. The summed E-state index contributed by atoms with van der Waals surface area (Å²) in [6, 6.07) is 0. The Balaban J connectivity index is 5.00. The average molecular weight is 756 g/mol. The van der Waals surface area contributed by atoms with E-state index in [-0.39, 0.29) is 18.3 Å². The minimum absolute atomic E-state index is 0.353. The van der Waals surface area contributed by atoms with Gasteiger partial charge in [0, 0.05) is 52.4 Å². The van der Waals surface area contributed by atoms with E-state index in [1.807, 2.05) is 6.92 Å². The molecule has 0 aromatic rings. The van der Waals surface area contributed by atoms with Gasteiger partial charge in [-0.15, -0.1) is 0 Å². The lowest BCUT2D eigenvalue weighted by molar-refractivity contribution is 0.0498. The Morgan fingerprint density at radius 1 is 0.302 bits per heavy atom. The van der Waals surface area contributed by atoms with E-state index in [0.29, 0.717) is 26.2 Å². The Kier molecular flexibility index (Phi) is 39.7. The summed E-state index contributed by atoms with van der Waals surface area (Å²) in [5, 5.41) is 43.4. The van der Waals surface area contributed by atoms with Crippen molar-refractivity contribution in [1.29, 1.82) is 0 Å². The second-order valence-corrected chi connectivity index (χ2v) is 17.0. The lowest BCUT2D eigenvalue weighted by Crippen LogP contribution is -2.45. The molecule has 0 saturated heterocycles. The zero-order valence-corrected chi connectivity index (χ0v) is 36.6. The van der Waals surface area contributed by atoms with Crippen LogP contribution < -0.4 is 0 Å². The van der Waals surface area contributed by atoms with Crippen LogP contribution in [0, 0.1) is 0 Å². The minimum Gasteiger partial charge on any atom is -0.392 e. The number of aliphatic hydroxyl groups is 4. The van der Waals surface area contributed by atoms with Crippen LogP contribution in [0.4, 0.5) is 0 Å². The standard InChI is InChI=1S/C46H97N3O4/c1-6-10-13-16-19-22-25-28-31-44(51)40-48(39-43(5)50)37-35-47(34-9-4)36-38-49(41-45(52)32-29-26-23-20-17-14-11-7-2)42-46(53)33-30-27-24-21-18-15-12-8-3/h43-46,50-53H,6-42H2,1-5H3. The fourth-order valence-electron chi connectivity index (χ4n) is 7.81. The first-order valence-electron chi connectivity index (χ1n) is 23.6. The summed E-state index contributed by atoms with van der Waals surface area (Å²) in [5.74, 6) is 0. The Morgan fingerprint density at radius 3 is 0.849 bits per heavy atom. The van der Waals surface area contributed by atoms with Crippen LogP contribution in [-0.2, 0) is 0 Å². The highest BCUT2D eigenvalue weighted by Crippen LogP contribution is 2.15. The van der Waals surface area contributed by atoms with Crippen molar-refractivity contribution in [1.82, 2.24) is 14.7 Å². The van der Waals surface area contributed by atoms with E-state index >= 15 is 0 Å².